The van der Waals surface area contributed by atoms with Crippen LogP contribution in [0.5, 0.6) is 5.75 Å². The quantitative estimate of drug-likeness (QED) is 0.859. The highest BCUT2D eigenvalue weighted by Crippen LogP contribution is 2.30. The molecule has 0 radical (unpaired) electrons. The zero-order chi connectivity index (χ0) is 11.7. The maximum atomic E-state index is 5.80. The Labute approximate surface area is 94.4 Å². The number of aryl methyl sites for hydroxylation is 1. The SMILES string of the molecule is COc1c(CC(C)N)ccc2oc(C)nc12. The maximum absolute atomic E-state index is 5.80. The predicted octanol–water partition coefficient (Wildman–Crippen LogP) is 2.03. The molecule has 0 bridgehead atoms. The standard InChI is InChI=1S/C12H16N2O2/c1-7(13)6-9-4-5-10-11(12(9)15-3)14-8(2)16-10/h4-5,7H,6,13H2,1-3H3. The summed E-state index contributed by atoms with van der Waals surface area (Å²) in [5.74, 6) is 1.41. The molecule has 1 atom stereocenters. The summed E-state index contributed by atoms with van der Waals surface area (Å²) in [6, 6.07) is 3.99. The molecule has 2 rings (SSSR count). The Kier molecular flexibility index (Phi) is 2.83. The van der Waals surface area contributed by atoms with Gasteiger partial charge in [-0.2, -0.15) is 0 Å². The molecule has 4 heteroatoms. The number of hydrogen-bond acceptors (Lipinski definition) is 4. The van der Waals surface area contributed by atoms with Crippen molar-refractivity contribution >= 4 is 11.1 Å². The first-order valence-electron chi connectivity index (χ1n) is 5.30. The molecule has 0 fully saturated rings. The Bertz CT molecular complexity index is 503. The number of aromatic nitrogens is 1. The number of hydrogen-bond donors (Lipinski definition) is 1. The maximum Gasteiger partial charge on any atom is 0.192 e. The Morgan fingerprint density at radius 2 is 2.25 bits per heavy atom. The fraction of sp³-hybridized carbons (Fsp3) is 0.417. The van der Waals surface area contributed by atoms with Crippen molar-refractivity contribution in [2.24, 2.45) is 5.73 Å². The van der Waals surface area contributed by atoms with Gasteiger partial charge in [-0.25, -0.2) is 4.98 Å². The molecule has 0 saturated heterocycles. The van der Waals surface area contributed by atoms with Crippen LogP contribution in [0.15, 0.2) is 16.5 Å². The Morgan fingerprint density at radius 1 is 1.50 bits per heavy atom. The van der Waals surface area contributed by atoms with Gasteiger partial charge in [0.1, 0.15) is 0 Å². The van der Waals surface area contributed by atoms with Crippen molar-refractivity contribution < 1.29 is 9.15 Å². The van der Waals surface area contributed by atoms with Gasteiger partial charge in [0, 0.05) is 13.0 Å². The van der Waals surface area contributed by atoms with Crippen molar-refractivity contribution in [3.05, 3.63) is 23.6 Å². The van der Waals surface area contributed by atoms with E-state index in [0.717, 1.165) is 28.8 Å². The first-order valence-corrected chi connectivity index (χ1v) is 5.30. The molecule has 0 aliphatic heterocycles. The largest absolute Gasteiger partial charge is 0.494 e. The topological polar surface area (TPSA) is 61.3 Å². The van der Waals surface area contributed by atoms with Crippen molar-refractivity contribution in [2.75, 3.05) is 7.11 Å². The number of nitrogens with two attached hydrogens (primary N) is 1. The molecule has 0 saturated carbocycles. The molecule has 0 amide bonds. The molecule has 16 heavy (non-hydrogen) atoms. The average Bonchev–Trinajstić information content (AvgIpc) is 2.57. The number of benzene rings is 1. The summed E-state index contributed by atoms with van der Waals surface area (Å²) in [7, 11) is 1.64. The summed E-state index contributed by atoms with van der Waals surface area (Å²) in [4.78, 5) is 4.32. The Hall–Kier alpha value is -1.55. The van der Waals surface area contributed by atoms with Crippen LogP contribution in [-0.4, -0.2) is 18.1 Å². The molecule has 0 spiro atoms. The van der Waals surface area contributed by atoms with Gasteiger partial charge in [0.2, 0.25) is 0 Å². The van der Waals surface area contributed by atoms with Crippen LogP contribution in [0.25, 0.3) is 11.1 Å². The van der Waals surface area contributed by atoms with Crippen LogP contribution in [0.1, 0.15) is 18.4 Å². The van der Waals surface area contributed by atoms with Crippen molar-refractivity contribution in [3.63, 3.8) is 0 Å². The highest BCUT2D eigenvalue weighted by atomic mass is 16.5. The van der Waals surface area contributed by atoms with Gasteiger partial charge in [-0.05, 0) is 25.0 Å². The van der Waals surface area contributed by atoms with Crippen LogP contribution < -0.4 is 10.5 Å². The molecule has 0 aliphatic carbocycles. The molecule has 2 aromatic rings. The van der Waals surface area contributed by atoms with Crippen LogP contribution in [-0.2, 0) is 6.42 Å². The zero-order valence-corrected chi connectivity index (χ0v) is 9.78. The number of fused-ring (bicyclic) bond motifs is 1. The number of oxazole rings is 1. The normalized spacial score (nSPS) is 13.0. The molecular formula is C12H16N2O2. The second kappa shape index (κ2) is 4.14. The highest BCUT2D eigenvalue weighted by Gasteiger charge is 2.13. The summed E-state index contributed by atoms with van der Waals surface area (Å²) in [6.45, 7) is 3.79. The molecule has 1 aromatic carbocycles. The lowest BCUT2D eigenvalue weighted by molar-refractivity contribution is 0.412. The van der Waals surface area contributed by atoms with Gasteiger partial charge in [-0.3, -0.25) is 0 Å². The lowest BCUT2D eigenvalue weighted by atomic mass is 10.1. The van der Waals surface area contributed by atoms with Crippen molar-refractivity contribution in [2.45, 2.75) is 26.3 Å². The van der Waals surface area contributed by atoms with E-state index in [0.29, 0.717) is 5.89 Å². The van der Waals surface area contributed by atoms with Gasteiger partial charge < -0.3 is 14.9 Å². The van der Waals surface area contributed by atoms with Gasteiger partial charge in [0.15, 0.2) is 22.7 Å². The monoisotopic (exact) mass is 220 g/mol. The van der Waals surface area contributed by atoms with Gasteiger partial charge in [0.25, 0.3) is 0 Å². The van der Waals surface area contributed by atoms with E-state index in [1.165, 1.54) is 0 Å². The minimum atomic E-state index is 0.0966. The number of ether oxygens (including phenoxy) is 1. The average molecular weight is 220 g/mol. The molecule has 1 unspecified atom stereocenters. The molecule has 4 nitrogen and oxygen atoms in total. The van der Waals surface area contributed by atoms with E-state index in [2.05, 4.69) is 4.98 Å². The predicted molar refractivity (Wildman–Crippen MR) is 62.7 cm³/mol. The number of methoxy groups -OCH3 is 1. The van der Waals surface area contributed by atoms with E-state index >= 15 is 0 Å². The number of rotatable bonds is 3. The summed E-state index contributed by atoms with van der Waals surface area (Å²) in [5, 5.41) is 0. The van der Waals surface area contributed by atoms with E-state index in [1.807, 2.05) is 26.0 Å². The van der Waals surface area contributed by atoms with Crippen molar-refractivity contribution in [3.8, 4) is 5.75 Å². The fourth-order valence-electron chi connectivity index (χ4n) is 1.86. The van der Waals surface area contributed by atoms with E-state index in [-0.39, 0.29) is 6.04 Å². The van der Waals surface area contributed by atoms with Gasteiger partial charge >= 0.3 is 0 Å². The van der Waals surface area contributed by atoms with Crippen LogP contribution in [0, 0.1) is 6.92 Å². The van der Waals surface area contributed by atoms with Crippen LogP contribution in [0.2, 0.25) is 0 Å². The van der Waals surface area contributed by atoms with E-state index in [9.17, 15) is 0 Å². The van der Waals surface area contributed by atoms with E-state index < -0.39 is 0 Å². The third-order valence-electron chi connectivity index (χ3n) is 2.45. The second-order valence-corrected chi connectivity index (χ2v) is 4.02. The van der Waals surface area contributed by atoms with Crippen LogP contribution in [0.4, 0.5) is 0 Å². The summed E-state index contributed by atoms with van der Waals surface area (Å²) >= 11 is 0. The van der Waals surface area contributed by atoms with Gasteiger partial charge in [-0.15, -0.1) is 0 Å². The summed E-state index contributed by atoms with van der Waals surface area (Å²) < 4.78 is 10.8. The Morgan fingerprint density at radius 3 is 2.88 bits per heavy atom. The zero-order valence-electron chi connectivity index (χ0n) is 9.78. The molecule has 1 heterocycles. The molecule has 0 aliphatic rings. The van der Waals surface area contributed by atoms with Crippen molar-refractivity contribution in [1.82, 2.24) is 4.98 Å². The van der Waals surface area contributed by atoms with Crippen LogP contribution >= 0.6 is 0 Å². The first-order chi connectivity index (χ1) is 7.61. The molecular weight excluding hydrogens is 204 g/mol. The second-order valence-electron chi connectivity index (χ2n) is 4.02. The first kappa shape index (κ1) is 11.0. The lowest BCUT2D eigenvalue weighted by Gasteiger charge is -2.10. The van der Waals surface area contributed by atoms with E-state index in [4.69, 9.17) is 14.9 Å². The minimum Gasteiger partial charge on any atom is -0.494 e. The van der Waals surface area contributed by atoms with E-state index in [1.54, 1.807) is 7.11 Å². The number of nitrogens with zero attached hydrogens (tertiary/aromatic N) is 1. The highest BCUT2D eigenvalue weighted by molar-refractivity contribution is 5.81. The summed E-state index contributed by atoms with van der Waals surface area (Å²) in [6.07, 6.45) is 0.769. The lowest BCUT2D eigenvalue weighted by Crippen LogP contribution is -2.18. The Balaban J connectivity index is 2.57. The third kappa shape index (κ3) is 1.88. The summed E-state index contributed by atoms with van der Waals surface area (Å²) in [5.41, 5.74) is 8.39. The van der Waals surface area contributed by atoms with Crippen LogP contribution in [0.3, 0.4) is 0 Å². The minimum absolute atomic E-state index is 0.0966. The molecule has 86 valence electrons. The van der Waals surface area contributed by atoms with Crippen molar-refractivity contribution in [1.29, 1.82) is 0 Å². The third-order valence-corrected chi connectivity index (χ3v) is 2.45. The van der Waals surface area contributed by atoms with Gasteiger partial charge in [0.05, 0.1) is 7.11 Å². The van der Waals surface area contributed by atoms with Gasteiger partial charge in [-0.1, -0.05) is 6.07 Å². The molecule has 1 aromatic heterocycles. The molecule has 2 N–H and O–H groups in total. The smallest absolute Gasteiger partial charge is 0.192 e. The fourth-order valence-corrected chi connectivity index (χ4v) is 1.86.